The van der Waals surface area contributed by atoms with Crippen LogP contribution in [0, 0.1) is 0 Å². The molecule has 6 heteroatoms. The van der Waals surface area contributed by atoms with Gasteiger partial charge in [-0.25, -0.2) is 4.79 Å². The van der Waals surface area contributed by atoms with E-state index >= 15 is 0 Å². The number of carbonyl (C=O) groups excluding carboxylic acids is 1. The molecule has 1 amide bonds. The second-order valence-corrected chi connectivity index (χ2v) is 7.67. The summed E-state index contributed by atoms with van der Waals surface area (Å²) in [4.78, 5) is 24.6. The van der Waals surface area contributed by atoms with Gasteiger partial charge in [0.1, 0.15) is 11.3 Å². The van der Waals surface area contributed by atoms with Crippen molar-refractivity contribution in [2.45, 2.75) is 70.6 Å². The summed E-state index contributed by atoms with van der Waals surface area (Å²) < 4.78 is 12.5. The highest BCUT2D eigenvalue weighted by Crippen LogP contribution is 2.36. The fourth-order valence-electron chi connectivity index (χ4n) is 3.14. The highest BCUT2D eigenvalue weighted by Gasteiger charge is 2.33. The molecule has 0 bridgehead atoms. The second-order valence-electron chi connectivity index (χ2n) is 7.67. The molecule has 1 aliphatic rings. The molecule has 0 spiro atoms. The van der Waals surface area contributed by atoms with Gasteiger partial charge in [0.25, 0.3) is 5.56 Å². The van der Waals surface area contributed by atoms with E-state index in [9.17, 15) is 9.59 Å². The van der Waals surface area contributed by atoms with Crippen LogP contribution in [-0.2, 0) is 9.47 Å². The Labute approximate surface area is 143 Å². The van der Waals surface area contributed by atoms with Crippen LogP contribution >= 0.6 is 0 Å². The van der Waals surface area contributed by atoms with Crippen molar-refractivity contribution >= 4 is 11.8 Å². The lowest BCUT2D eigenvalue weighted by molar-refractivity contribution is -0.0376. The molecule has 0 aliphatic heterocycles. The Morgan fingerprint density at radius 1 is 1.42 bits per heavy atom. The van der Waals surface area contributed by atoms with Crippen molar-refractivity contribution in [1.82, 2.24) is 4.57 Å². The van der Waals surface area contributed by atoms with Crippen LogP contribution < -0.4 is 10.9 Å². The molecule has 1 aromatic heterocycles. The minimum Gasteiger partial charge on any atom is -0.444 e. The fraction of sp³-hybridized carbons (Fsp3) is 0.667. The van der Waals surface area contributed by atoms with E-state index in [0.29, 0.717) is 0 Å². The molecule has 134 valence electrons. The Bertz CT molecular complexity index is 647. The number of methoxy groups -OCH3 is 1. The summed E-state index contributed by atoms with van der Waals surface area (Å²) in [5.74, 6) is 0. The molecule has 1 fully saturated rings. The number of amides is 1. The van der Waals surface area contributed by atoms with Gasteiger partial charge in [0, 0.05) is 19.3 Å². The molecule has 2 atom stereocenters. The zero-order valence-electron chi connectivity index (χ0n) is 15.2. The number of ether oxygens (including phenoxy) is 2. The predicted molar refractivity (Wildman–Crippen MR) is 93.5 cm³/mol. The van der Waals surface area contributed by atoms with Crippen LogP contribution in [0.2, 0.25) is 0 Å². The molecule has 1 heterocycles. The minimum atomic E-state index is -0.622. The summed E-state index contributed by atoms with van der Waals surface area (Å²) in [5.41, 5.74) is -0.802. The highest BCUT2D eigenvalue weighted by atomic mass is 16.6. The maximum absolute atomic E-state index is 12.7. The number of nitrogens with one attached hydrogen (secondary N) is 1. The highest BCUT2D eigenvalue weighted by molar-refractivity contribution is 5.84. The van der Waals surface area contributed by atoms with Crippen LogP contribution in [0.15, 0.2) is 23.1 Å². The molecule has 2 rings (SSSR count). The first-order chi connectivity index (χ1) is 11.1. The maximum Gasteiger partial charge on any atom is 0.412 e. The molecule has 0 radical (unpaired) electrons. The Morgan fingerprint density at radius 3 is 2.75 bits per heavy atom. The van der Waals surface area contributed by atoms with Gasteiger partial charge in [-0.3, -0.25) is 10.1 Å². The Morgan fingerprint density at radius 2 is 2.12 bits per heavy atom. The average Bonchev–Trinajstić information content (AvgIpc) is 2.47. The van der Waals surface area contributed by atoms with Gasteiger partial charge in [-0.1, -0.05) is 0 Å². The van der Waals surface area contributed by atoms with Crippen LogP contribution in [0.4, 0.5) is 10.5 Å². The van der Waals surface area contributed by atoms with Gasteiger partial charge in [0.05, 0.1) is 5.60 Å². The number of hydrogen-bond acceptors (Lipinski definition) is 4. The smallest absolute Gasteiger partial charge is 0.412 e. The van der Waals surface area contributed by atoms with Gasteiger partial charge < -0.3 is 14.0 Å². The zero-order chi connectivity index (χ0) is 18.0. The molecule has 1 saturated carbocycles. The topological polar surface area (TPSA) is 69.6 Å². The normalized spacial score (nSPS) is 24.5. The second kappa shape index (κ2) is 6.97. The predicted octanol–water partition coefficient (Wildman–Crippen LogP) is 3.72. The number of aromatic nitrogens is 1. The first kappa shape index (κ1) is 18.5. The van der Waals surface area contributed by atoms with Gasteiger partial charge in [-0.2, -0.15) is 0 Å². The summed E-state index contributed by atoms with van der Waals surface area (Å²) in [6.07, 6.45) is 4.85. The number of nitrogens with zero attached hydrogens (tertiary/aromatic N) is 1. The summed E-state index contributed by atoms with van der Waals surface area (Å²) in [5, 5.41) is 2.56. The first-order valence-electron chi connectivity index (χ1n) is 8.40. The number of rotatable bonds is 3. The van der Waals surface area contributed by atoms with E-state index in [1.165, 1.54) is 0 Å². The van der Waals surface area contributed by atoms with Crippen molar-refractivity contribution < 1.29 is 14.3 Å². The van der Waals surface area contributed by atoms with Crippen LogP contribution in [0.3, 0.4) is 0 Å². The molecule has 1 N–H and O–H groups in total. The standard InChI is InChI=1S/C18H28N2O4/c1-17(2,3)24-16(22)19-14-9-7-11-20(15(14)21)13-8-6-10-18(4,12-13)23-5/h7,9,11,13H,6,8,10,12H2,1-5H3,(H,19,22)/t13?,18-/m1/s1. The average molecular weight is 336 g/mol. The Hall–Kier alpha value is -1.82. The van der Waals surface area contributed by atoms with Crippen molar-refractivity contribution in [3.63, 3.8) is 0 Å². The largest absolute Gasteiger partial charge is 0.444 e. The Kier molecular flexibility index (Phi) is 5.38. The van der Waals surface area contributed by atoms with Crippen molar-refractivity contribution in [3.05, 3.63) is 28.7 Å². The third-order valence-electron chi connectivity index (χ3n) is 4.41. The van der Waals surface area contributed by atoms with Gasteiger partial charge in [-0.15, -0.1) is 0 Å². The molecule has 1 aliphatic carbocycles. The molecule has 0 saturated heterocycles. The van der Waals surface area contributed by atoms with E-state index in [0.717, 1.165) is 25.7 Å². The van der Waals surface area contributed by atoms with Gasteiger partial charge in [-0.05, 0) is 65.5 Å². The van der Waals surface area contributed by atoms with Crippen LogP contribution in [0.25, 0.3) is 0 Å². The summed E-state index contributed by atoms with van der Waals surface area (Å²) >= 11 is 0. The maximum atomic E-state index is 12.7. The monoisotopic (exact) mass is 336 g/mol. The van der Waals surface area contributed by atoms with E-state index in [1.54, 1.807) is 50.8 Å². The summed E-state index contributed by atoms with van der Waals surface area (Å²) in [7, 11) is 1.71. The van der Waals surface area contributed by atoms with Crippen molar-refractivity contribution in [2.75, 3.05) is 12.4 Å². The SMILES string of the molecule is CO[C@]1(C)CCCC(n2cccc(NC(=O)OC(C)(C)C)c2=O)C1. The van der Waals surface area contributed by atoms with Crippen molar-refractivity contribution in [1.29, 1.82) is 0 Å². The molecule has 24 heavy (non-hydrogen) atoms. The lowest BCUT2D eigenvalue weighted by Crippen LogP contribution is -2.38. The minimum absolute atomic E-state index is 0.0663. The number of pyridine rings is 1. The first-order valence-corrected chi connectivity index (χ1v) is 8.40. The van der Waals surface area contributed by atoms with Crippen LogP contribution in [0.1, 0.15) is 59.4 Å². The van der Waals surface area contributed by atoms with E-state index in [2.05, 4.69) is 12.2 Å². The van der Waals surface area contributed by atoms with Crippen molar-refractivity contribution in [2.24, 2.45) is 0 Å². The van der Waals surface area contributed by atoms with Crippen molar-refractivity contribution in [3.8, 4) is 0 Å². The molecule has 1 unspecified atom stereocenters. The molecular weight excluding hydrogens is 308 g/mol. The zero-order valence-corrected chi connectivity index (χ0v) is 15.2. The number of anilines is 1. The van der Waals surface area contributed by atoms with Gasteiger partial charge >= 0.3 is 6.09 Å². The van der Waals surface area contributed by atoms with Crippen LogP contribution in [-0.4, -0.2) is 29.0 Å². The lowest BCUT2D eigenvalue weighted by atomic mass is 9.83. The number of carbonyl (C=O) groups is 1. The lowest BCUT2D eigenvalue weighted by Gasteiger charge is -2.37. The quantitative estimate of drug-likeness (QED) is 0.913. The third-order valence-corrected chi connectivity index (χ3v) is 4.41. The summed E-state index contributed by atoms with van der Waals surface area (Å²) in [6, 6.07) is 3.44. The van der Waals surface area contributed by atoms with E-state index in [-0.39, 0.29) is 22.9 Å². The van der Waals surface area contributed by atoms with E-state index < -0.39 is 11.7 Å². The van der Waals surface area contributed by atoms with Gasteiger partial charge in [0.2, 0.25) is 0 Å². The Balaban J connectivity index is 2.19. The van der Waals surface area contributed by atoms with Gasteiger partial charge in [0.15, 0.2) is 0 Å². The third kappa shape index (κ3) is 4.60. The number of hydrogen-bond donors (Lipinski definition) is 1. The molecule has 1 aromatic rings. The van der Waals surface area contributed by atoms with Crippen LogP contribution in [0.5, 0.6) is 0 Å². The van der Waals surface area contributed by atoms with E-state index in [4.69, 9.17) is 9.47 Å². The fourth-order valence-corrected chi connectivity index (χ4v) is 3.14. The summed E-state index contributed by atoms with van der Waals surface area (Å²) in [6.45, 7) is 7.42. The molecular formula is C18H28N2O4. The molecule has 0 aromatic carbocycles. The molecule has 6 nitrogen and oxygen atoms in total. The van der Waals surface area contributed by atoms with E-state index in [1.807, 2.05) is 0 Å².